The largest absolute Gasteiger partial charge is 0.340 e. The Morgan fingerprint density at radius 2 is 2.00 bits per heavy atom. The topological polar surface area (TPSA) is 59.2 Å². The van der Waals surface area contributed by atoms with E-state index in [4.69, 9.17) is 4.52 Å². The number of benzene rings is 1. The number of carbonyl (C=O) groups excluding carboxylic acids is 1. The fraction of sp³-hybridized carbons (Fsp3) is 0.550. The van der Waals surface area contributed by atoms with Crippen LogP contribution < -0.4 is 0 Å². The SMILES string of the molecule is O=C(CCc1ccccc1)N1CCCC1CCc1noc(C2CC2)n1. The summed E-state index contributed by atoms with van der Waals surface area (Å²) in [7, 11) is 0. The number of aryl methyl sites for hydroxylation is 2. The third-order valence-electron chi connectivity index (χ3n) is 5.28. The van der Waals surface area contributed by atoms with Crippen LogP contribution in [0.1, 0.15) is 61.7 Å². The van der Waals surface area contributed by atoms with Gasteiger partial charge in [-0.05, 0) is 44.1 Å². The van der Waals surface area contributed by atoms with Gasteiger partial charge >= 0.3 is 0 Å². The first-order valence-corrected chi connectivity index (χ1v) is 9.45. The van der Waals surface area contributed by atoms with Crippen LogP contribution in [0.25, 0.3) is 0 Å². The molecule has 1 aromatic carbocycles. The minimum absolute atomic E-state index is 0.276. The first-order chi connectivity index (χ1) is 12.3. The highest BCUT2D eigenvalue weighted by molar-refractivity contribution is 5.77. The van der Waals surface area contributed by atoms with Crippen molar-refractivity contribution in [1.29, 1.82) is 0 Å². The van der Waals surface area contributed by atoms with Gasteiger partial charge in [0.05, 0.1) is 0 Å². The summed E-state index contributed by atoms with van der Waals surface area (Å²) in [6, 6.07) is 10.6. The van der Waals surface area contributed by atoms with Crippen molar-refractivity contribution in [3.05, 3.63) is 47.6 Å². The van der Waals surface area contributed by atoms with Gasteiger partial charge < -0.3 is 9.42 Å². The second kappa shape index (κ2) is 7.38. The van der Waals surface area contributed by atoms with E-state index in [0.29, 0.717) is 18.4 Å². The van der Waals surface area contributed by atoms with E-state index in [2.05, 4.69) is 27.2 Å². The normalized spacial score (nSPS) is 20.2. The van der Waals surface area contributed by atoms with Crippen molar-refractivity contribution < 1.29 is 9.32 Å². The van der Waals surface area contributed by atoms with E-state index >= 15 is 0 Å². The molecule has 5 nitrogen and oxygen atoms in total. The molecule has 2 heterocycles. The molecule has 1 saturated carbocycles. The zero-order valence-electron chi connectivity index (χ0n) is 14.6. The summed E-state index contributed by atoms with van der Waals surface area (Å²) in [4.78, 5) is 19.2. The molecule has 1 unspecified atom stereocenters. The number of nitrogens with zero attached hydrogens (tertiary/aromatic N) is 3. The molecule has 0 bridgehead atoms. The van der Waals surface area contributed by atoms with Crippen molar-refractivity contribution in [2.45, 2.75) is 63.3 Å². The predicted octanol–water partition coefficient (Wildman–Crippen LogP) is 3.50. The third-order valence-corrected chi connectivity index (χ3v) is 5.28. The number of aromatic nitrogens is 2. The fourth-order valence-corrected chi connectivity index (χ4v) is 3.66. The van der Waals surface area contributed by atoms with Crippen molar-refractivity contribution >= 4 is 5.91 Å². The first kappa shape index (κ1) is 16.3. The van der Waals surface area contributed by atoms with Crippen LogP contribution in [0.4, 0.5) is 0 Å². The number of hydrogen-bond donors (Lipinski definition) is 0. The lowest BCUT2D eigenvalue weighted by molar-refractivity contribution is -0.132. The summed E-state index contributed by atoms with van der Waals surface area (Å²) in [6.45, 7) is 0.887. The van der Waals surface area contributed by atoms with Gasteiger partial charge in [0.25, 0.3) is 0 Å². The van der Waals surface area contributed by atoms with Gasteiger partial charge in [-0.15, -0.1) is 0 Å². The Kier molecular flexibility index (Phi) is 4.81. The van der Waals surface area contributed by atoms with E-state index in [1.165, 1.54) is 18.4 Å². The van der Waals surface area contributed by atoms with Gasteiger partial charge in [-0.3, -0.25) is 4.79 Å². The smallest absolute Gasteiger partial charge is 0.229 e. The van der Waals surface area contributed by atoms with Crippen LogP contribution in [-0.4, -0.2) is 33.5 Å². The highest BCUT2D eigenvalue weighted by atomic mass is 16.5. The van der Waals surface area contributed by atoms with Crippen LogP contribution in [-0.2, 0) is 17.6 Å². The molecule has 25 heavy (non-hydrogen) atoms. The summed E-state index contributed by atoms with van der Waals surface area (Å²) in [5.41, 5.74) is 1.23. The van der Waals surface area contributed by atoms with E-state index in [0.717, 1.165) is 50.4 Å². The molecule has 2 aromatic rings. The fourth-order valence-electron chi connectivity index (χ4n) is 3.66. The second-order valence-corrected chi connectivity index (χ2v) is 7.23. The molecule has 1 saturated heterocycles. The molecule has 0 spiro atoms. The van der Waals surface area contributed by atoms with Crippen LogP contribution in [0.5, 0.6) is 0 Å². The van der Waals surface area contributed by atoms with Crippen molar-refractivity contribution in [3.8, 4) is 0 Å². The predicted molar refractivity (Wildman–Crippen MR) is 94.1 cm³/mol. The Hall–Kier alpha value is -2.17. The summed E-state index contributed by atoms with van der Waals surface area (Å²) < 4.78 is 5.32. The number of hydrogen-bond acceptors (Lipinski definition) is 4. The second-order valence-electron chi connectivity index (χ2n) is 7.23. The Morgan fingerprint density at radius 3 is 2.80 bits per heavy atom. The first-order valence-electron chi connectivity index (χ1n) is 9.45. The molecule has 1 aliphatic heterocycles. The Morgan fingerprint density at radius 1 is 1.16 bits per heavy atom. The number of amides is 1. The highest BCUT2D eigenvalue weighted by Gasteiger charge is 2.31. The summed E-state index contributed by atoms with van der Waals surface area (Å²) >= 11 is 0. The summed E-state index contributed by atoms with van der Waals surface area (Å²) in [5, 5.41) is 4.09. The maximum Gasteiger partial charge on any atom is 0.229 e. The van der Waals surface area contributed by atoms with E-state index in [1.54, 1.807) is 0 Å². The Bertz CT molecular complexity index is 709. The van der Waals surface area contributed by atoms with Gasteiger partial charge in [0.1, 0.15) is 0 Å². The molecule has 0 N–H and O–H groups in total. The average Bonchev–Trinajstić information content (AvgIpc) is 3.20. The number of rotatable bonds is 7. The van der Waals surface area contributed by atoms with Crippen LogP contribution in [0.2, 0.25) is 0 Å². The lowest BCUT2D eigenvalue weighted by atomic mass is 10.1. The number of likely N-dealkylation sites (tertiary alicyclic amines) is 1. The molecule has 4 rings (SSSR count). The molecular formula is C20H25N3O2. The lowest BCUT2D eigenvalue weighted by Crippen LogP contribution is -2.36. The molecule has 1 atom stereocenters. The van der Waals surface area contributed by atoms with Crippen molar-refractivity contribution in [2.75, 3.05) is 6.54 Å². The van der Waals surface area contributed by atoms with Crippen LogP contribution in [0.15, 0.2) is 34.9 Å². The van der Waals surface area contributed by atoms with E-state index in [9.17, 15) is 4.79 Å². The van der Waals surface area contributed by atoms with Gasteiger partial charge in [-0.25, -0.2) is 0 Å². The van der Waals surface area contributed by atoms with Crippen molar-refractivity contribution in [1.82, 2.24) is 15.0 Å². The highest BCUT2D eigenvalue weighted by Crippen LogP contribution is 2.38. The molecule has 1 aromatic heterocycles. The van der Waals surface area contributed by atoms with Gasteiger partial charge in [-0.1, -0.05) is 35.5 Å². The van der Waals surface area contributed by atoms with Crippen molar-refractivity contribution in [3.63, 3.8) is 0 Å². The third kappa shape index (κ3) is 4.09. The summed E-state index contributed by atoms with van der Waals surface area (Å²) in [5.74, 6) is 2.38. The number of carbonyl (C=O) groups is 1. The average molecular weight is 339 g/mol. The van der Waals surface area contributed by atoms with E-state index in [1.807, 2.05) is 18.2 Å². The van der Waals surface area contributed by atoms with Gasteiger partial charge in [-0.2, -0.15) is 4.98 Å². The molecule has 2 fully saturated rings. The van der Waals surface area contributed by atoms with Crippen LogP contribution in [0, 0.1) is 0 Å². The standard InChI is InChI=1S/C20H25N3O2/c24-19(13-8-15-5-2-1-3-6-15)23-14-4-7-17(23)11-12-18-21-20(25-22-18)16-9-10-16/h1-3,5-6,16-17H,4,7-14H2. The molecule has 1 aliphatic carbocycles. The Balaban J connectivity index is 1.28. The summed E-state index contributed by atoms with van der Waals surface area (Å²) in [6.07, 6.45) is 7.67. The maximum absolute atomic E-state index is 12.6. The lowest BCUT2D eigenvalue weighted by Gasteiger charge is -2.24. The monoisotopic (exact) mass is 339 g/mol. The maximum atomic E-state index is 12.6. The van der Waals surface area contributed by atoms with Crippen LogP contribution >= 0.6 is 0 Å². The molecular weight excluding hydrogens is 314 g/mol. The van der Waals surface area contributed by atoms with Crippen molar-refractivity contribution in [2.24, 2.45) is 0 Å². The van der Waals surface area contributed by atoms with Gasteiger partial charge in [0.15, 0.2) is 5.82 Å². The van der Waals surface area contributed by atoms with E-state index < -0.39 is 0 Å². The van der Waals surface area contributed by atoms with E-state index in [-0.39, 0.29) is 5.91 Å². The molecule has 5 heteroatoms. The minimum Gasteiger partial charge on any atom is -0.340 e. The molecule has 2 aliphatic rings. The Labute approximate surface area is 148 Å². The molecule has 0 radical (unpaired) electrons. The minimum atomic E-state index is 0.276. The molecule has 1 amide bonds. The zero-order chi connectivity index (χ0) is 17.1. The van der Waals surface area contributed by atoms with Crippen LogP contribution in [0.3, 0.4) is 0 Å². The van der Waals surface area contributed by atoms with Gasteiger partial charge in [0, 0.05) is 31.3 Å². The zero-order valence-corrected chi connectivity index (χ0v) is 14.6. The quantitative estimate of drug-likeness (QED) is 0.774. The van der Waals surface area contributed by atoms with Gasteiger partial charge in [0.2, 0.25) is 11.8 Å². The molecule has 132 valence electrons.